The first-order chi connectivity index (χ1) is 26.6. The average Bonchev–Trinajstić information content (AvgIpc) is 4.03. The molecular weight excluding hydrogens is 749 g/mol. The number of unbranched alkanes of at least 4 members (excludes halogenated alkanes) is 14. The molecule has 296 valence electrons. The first-order valence-corrected chi connectivity index (χ1v) is 26.3. The largest absolute Gasteiger partial charge is 0.143 e. The molecule has 0 saturated carbocycles. The van der Waals surface area contributed by atoms with Gasteiger partial charge in [-0.1, -0.05) is 125 Å². The number of thiophene rings is 5. The van der Waals surface area contributed by atoms with Crippen molar-refractivity contribution in [2.45, 2.75) is 189 Å². The average molecular weight is 819 g/mol. The van der Waals surface area contributed by atoms with Crippen LogP contribution in [0.25, 0.3) is 39.0 Å². The third-order valence-electron chi connectivity index (χ3n) is 11.0. The molecule has 0 amide bonds. The van der Waals surface area contributed by atoms with Crippen molar-refractivity contribution in [1.29, 1.82) is 0 Å². The molecule has 0 unspecified atom stereocenters. The highest BCUT2D eigenvalue weighted by molar-refractivity contribution is 7.29. The standard InChI is InChI=1S/C49H70S5/c1-6-11-16-21-25-37-32-44(51-36-37)46-39(27-22-17-12-7-2)33-42(52-46)43-34-40(28-23-18-13-8-3)47(53-43)45-35-41(29-24-19-14-9-4)49(54-45)48-38(30-31-50-48)26-20-15-10-5/h30-36H,6-29H2,1-5H3. The number of hydrogen-bond acceptors (Lipinski definition) is 5. The molecule has 0 N–H and O–H groups in total. The SMILES string of the molecule is CCCCCCc1csc(-c2sc(-c3cc(CCCCCC)c(-c4cc(CCCCCC)c(-c5sccc5CCCCC)s4)s3)cc2CCCCCC)c1. The molecule has 0 nitrogen and oxygen atoms in total. The van der Waals surface area contributed by atoms with Crippen LogP contribution in [0.2, 0.25) is 0 Å². The van der Waals surface area contributed by atoms with E-state index in [2.05, 4.69) is 110 Å². The van der Waals surface area contributed by atoms with Gasteiger partial charge in [-0.3, -0.25) is 0 Å². The molecule has 0 spiro atoms. The Morgan fingerprint density at radius 3 is 1.33 bits per heavy atom. The van der Waals surface area contributed by atoms with Crippen LogP contribution in [0.15, 0.2) is 41.1 Å². The van der Waals surface area contributed by atoms with E-state index in [-0.39, 0.29) is 0 Å². The lowest BCUT2D eigenvalue weighted by Crippen LogP contribution is -1.89. The van der Waals surface area contributed by atoms with E-state index in [0.717, 1.165) is 0 Å². The summed E-state index contributed by atoms with van der Waals surface area (Å²) in [4.78, 5) is 12.2. The van der Waals surface area contributed by atoms with Crippen LogP contribution in [0.4, 0.5) is 0 Å². The van der Waals surface area contributed by atoms with E-state index in [9.17, 15) is 0 Å². The van der Waals surface area contributed by atoms with Gasteiger partial charge in [0, 0.05) is 39.0 Å². The minimum atomic E-state index is 1.20. The zero-order chi connectivity index (χ0) is 38.0. The van der Waals surface area contributed by atoms with E-state index >= 15 is 0 Å². The lowest BCUT2D eigenvalue weighted by Gasteiger charge is -2.06. The predicted molar refractivity (Wildman–Crippen MR) is 252 cm³/mol. The lowest BCUT2D eigenvalue weighted by atomic mass is 10.0. The molecule has 0 radical (unpaired) electrons. The Morgan fingerprint density at radius 1 is 0.352 bits per heavy atom. The highest BCUT2D eigenvalue weighted by Crippen LogP contribution is 2.50. The molecule has 0 aliphatic heterocycles. The molecule has 5 heteroatoms. The van der Waals surface area contributed by atoms with Crippen molar-refractivity contribution in [1.82, 2.24) is 0 Å². The van der Waals surface area contributed by atoms with Gasteiger partial charge in [-0.15, -0.1) is 56.7 Å². The van der Waals surface area contributed by atoms with E-state index in [4.69, 9.17) is 0 Å². The molecule has 0 aromatic carbocycles. The van der Waals surface area contributed by atoms with Crippen molar-refractivity contribution in [2.24, 2.45) is 0 Å². The fraction of sp³-hybridized carbons (Fsp3) is 0.592. The Morgan fingerprint density at radius 2 is 0.778 bits per heavy atom. The third kappa shape index (κ3) is 12.8. The van der Waals surface area contributed by atoms with E-state index in [1.165, 1.54) is 174 Å². The number of rotatable bonds is 28. The summed E-state index contributed by atoms with van der Waals surface area (Å²) < 4.78 is 0. The van der Waals surface area contributed by atoms with Crippen molar-refractivity contribution in [3.05, 3.63) is 68.9 Å². The van der Waals surface area contributed by atoms with E-state index in [0.29, 0.717) is 0 Å². The van der Waals surface area contributed by atoms with Crippen molar-refractivity contribution < 1.29 is 0 Å². The summed E-state index contributed by atoms with van der Waals surface area (Å²) in [5, 5.41) is 4.81. The highest BCUT2D eigenvalue weighted by atomic mass is 32.1. The molecule has 0 fully saturated rings. The first kappa shape index (κ1) is 43.6. The van der Waals surface area contributed by atoms with Gasteiger partial charge in [0.2, 0.25) is 0 Å². The van der Waals surface area contributed by atoms with Crippen LogP contribution in [0, 0.1) is 0 Å². The summed E-state index contributed by atoms with van der Waals surface area (Å²) in [5.41, 5.74) is 7.91. The van der Waals surface area contributed by atoms with Crippen LogP contribution in [-0.4, -0.2) is 0 Å². The van der Waals surface area contributed by atoms with Crippen LogP contribution < -0.4 is 0 Å². The third-order valence-corrected chi connectivity index (χ3v) is 17.2. The normalized spacial score (nSPS) is 11.7. The molecule has 0 aliphatic carbocycles. The first-order valence-electron chi connectivity index (χ1n) is 22.1. The van der Waals surface area contributed by atoms with Gasteiger partial charge in [-0.2, -0.15) is 0 Å². The fourth-order valence-electron chi connectivity index (χ4n) is 7.71. The van der Waals surface area contributed by atoms with Crippen molar-refractivity contribution in [3.8, 4) is 39.0 Å². The molecule has 5 aromatic heterocycles. The molecule has 0 aliphatic rings. The maximum atomic E-state index is 2.64. The Balaban J connectivity index is 1.51. The minimum Gasteiger partial charge on any atom is -0.143 e. The quantitative estimate of drug-likeness (QED) is 0.0441. The van der Waals surface area contributed by atoms with Crippen molar-refractivity contribution >= 4 is 56.7 Å². The maximum Gasteiger partial charge on any atom is 0.0484 e. The molecular formula is C49H70S5. The predicted octanol–water partition coefficient (Wildman–Crippen LogP) is 18.9. The van der Waals surface area contributed by atoms with Gasteiger partial charge in [-0.05, 0) is 133 Å². The minimum absolute atomic E-state index is 1.20. The van der Waals surface area contributed by atoms with E-state index in [1.807, 2.05) is 22.7 Å². The van der Waals surface area contributed by atoms with Gasteiger partial charge in [0.15, 0.2) is 0 Å². The second-order valence-electron chi connectivity index (χ2n) is 15.7. The molecule has 0 atom stereocenters. The van der Waals surface area contributed by atoms with Crippen LogP contribution in [-0.2, 0) is 32.1 Å². The monoisotopic (exact) mass is 818 g/mol. The smallest absolute Gasteiger partial charge is 0.0484 e. The van der Waals surface area contributed by atoms with Crippen molar-refractivity contribution in [3.63, 3.8) is 0 Å². The molecule has 0 saturated heterocycles. The van der Waals surface area contributed by atoms with Crippen LogP contribution in [0.1, 0.15) is 184 Å². The van der Waals surface area contributed by atoms with E-state index < -0.39 is 0 Å². The number of hydrogen-bond donors (Lipinski definition) is 0. The molecule has 5 heterocycles. The summed E-state index contributed by atoms with van der Waals surface area (Å²) in [6.07, 6.45) is 31.1. The summed E-state index contributed by atoms with van der Waals surface area (Å²) >= 11 is 10.3. The lowest BCUT2D eigenvalue weighted by molar-refractivity contribution is 0.667. The van der Waals surface area contributed by atoms with Crippen LogP contribution in [0.5, 0.6) is 0 Å². The van der Waals surface area contributed by atoms with Gasteiger partial charge in [0.1, 0.15) is 0 Å². The fourth-order valence-corrected chi connectivity index (χ4v) is 13.8. The summed E-state index contributed by atoms with van der Waals surface area (Å²) in [5.74, 6) is 0. The maximum absolute atomic E-state index is 2.64. The zero-order valence-corrected chi connectivity index (χ0v) is 38.6. The van der Waals surface area contributed by atoms with Crippen LogP contribution in [0.3, 0.4) is 0 Å². The second-order valence-corrected chi connectivity index (χ2v) is 20.7. The summed E-state index contributed by atoms with van der Waals surface area (Å²) in [6, 6.07) is 12.8. The zero-order valence-electron chi connectivity index (χ0n) is 34.6. The van der Waals surface area contributed by atoms with Gasteiger partial charge >= 0.3 is 0 Å². The summed E-state index contributed by atoms with van der Waals surface area (Å²) in [6.45, 7) is 11.6. The van der Waals surface area contributed by atoms with Gasteiger partial charge in [0.25, 0.3) is 0 Å². The van der Waals surface area contributed by atoms with Gasteiger partial charge in [-0.25, -0.2) is 0 Å². The topological polar surface area (TPSA) is 0 Å². The Labute approximate surface area is 350 Å². The Hall–Kier alpha value is -1.50. The van der Waals surface area contributed by atoms with Gasteiger partial charge in [0.05, 0.1) is 0 Å². The molecule has 5 aromatic rings. The van der Waals surface area contributed by atoms with Crippen LogP contribution >= 0.6 is 56.7 Å². The summed E-state index contributed by atoms with van der Waals surface area (Å²) in [7, 11) is 0. The van der Waals surface area contributed by atoms with E-state index in [1.54, 1.807) is 47.3 Å². The number of aryl methyl sites for hydroxylation is 5. The van der Waals surface area contributed by atoms with Crippen molar-refractivity contribution in [2.75, 3.05) is 0 Å². The Bertz CT molecular complexity index is 1750. The molecule has 54 heavy (non-hydrogen) atoms. The second kappa shape index (κ2) is 24.3. The highest BCUT2D eigenvalue weighted by Gasteiger charge is 2.22. The van der Waals surface area contributed by atoms with Gasteiger partial charge < -0.3 is 0 Å². The molecule has 5 rings (SSSR count). The molecule has 0 bridgehead atoms. The Kier molecular flexibility index (Phi) is 19.6.